The quantitative estimate of drug-likeness (QED) is 0.481. The Kier molecular flexibility index (Phi) is 7.44. The Labute approximate surface area is 177 Å². The SMILES string of the molecule is CCC(C)N(Cc1cccc(OCc2ccccc2)c1)C(=O)Nc1cccc(F)c1. The van der Waals surface area contributed by atoms with Crippen LogP contribution in [0.25, 0.3) is 0 Å². The van der Waals surface area contributed by atoms with Gasteiger partial charge in [-0.15, -0.1) is 0 Å². The van der Waals surface area contributed by atoms with Crippen LogP contribution in [0, 0.1) is 5.82 Å². The number of urea groups is 1. The Morgan fingerprint density at radius 3 is 2.47 bits per heavy atom. The van der Waals surface area contributed by atoms with Crippen molar-refractivity contribution < 1.29 is 13.9 Å². The highest BCUT2D eigenvalue weighted by Gasteiger charge is 2.20. The molecule has 0 fully saturated rings. The van der Waals surface area contributed by atoms with Gasteiger partial charge in [-0.1, -0.05) is 55.5 Å². The minimum atomic E-state index is -0.383. The fourth-order valence-electron chi connectivity index (χ4n) is 3.08. The van der Waals surface area contributed by atoms with Crippen molar-refractivity contribution in [2.24, 2.45) is 0 Å². The molecule has 4 nitrogen and oxygen atoms in total. The van der Waals surface area contributed by atoms with E-state index in [1.165, 1.54) is 12.1 Å². The van der Waals surface area contributed by atoms with Crippen LogP contribution in [-0.2, 0) is 13.2 Å². The zero-order chi connectivity index (χ0) is 21.3. The highest BCUT2D eigenvalue weighted by molar-refractivity contribution is 5.89. The summed E-state index contributed by atoms with van der Waals surface area (Å²) in [7, 11) is 0. The van der Waals surface area contributed by atoms with E-state index >= 15 is 0 Å². The van der Waals surface area contributed by atoms with Crippen molar-refractivity contribution in [3.05, 3.63) is 95.8 Å². The van der Waals surface area contributed by atoms with Gasteiger partial charge in [-0.25, -0.2) is 9.18 Å². The van der Waals surface area contributed by atoms with Crippen LogP contribution in [0.4, 0.5) is 14.9 Å². The van der Waals surface area contributed by atoms with Crippen LogP contribution < -0.4 is 10.1 Å². The highest BCUT2D eigenvalue weighted by atomic mass is 19.1. The monoisotopic (exact) mass is 406 g/mol. The van der Waals surface area contributed by atoms with E-state index in [2.05, 4.69) is 5.32 Å². The molecule has 0 bridgehead atoms. The number of carbonyl (C=O) groups is 1. The standard InChI is InChI=1S/C25H27FN2O2/c1-3-19(2)28(25(29)27-23-13-8-12-22(26)16-23)17-21-11-7-14-24(15-21)30-18-20-9-5-4-6-10-20/h4-16,19H,3,17-18H2,1-2H3,(H,27,29). The lowest BCUT2D eigenvalue weighted by Crippen LogP contribution is -2.40. The first-order valence-corrected chi connectivity index (χ1v) is 10.1. The Hall–Kier alpha value is -3.34. The molecule has 0 saturated carbocycles. The third-order valence-electron chi connectivity index (χ3n) is 4.96. The van der Waals surface area contributed by atoms with Gasteiger partial charge in [0.1, 0.15) is 18.2 Å². The normalized spacial score (nSPS) is 11.6. The second-order valence-electron chi connectivity index (χ2n) is 7.25. The largest absolute Gasteiger partial charge is 0.489 e. The molecule has 5 heteroatoms. The average molecular weight is 407 g/mol. The van der Waals surface area contributed by atoms with E-state index in [0.29, 0.717) is 18.8 Å². The molecule has 2 amide bonds. The average Bonchev–Trinajstić information content (AvgIpc) is 2.76. The van der Waals surface area contributed by atoms with Gasteiger partial charge < -0.3 is 15.0 Å². The van der Waals surface area contributed by atoms with Crippen molar-refractivity contribution in [2.45, 2.75) is 39.5 Å². The van der Waals surface area contributed by atoms with Crippen LogP contribution in [-0.4, -0.2) is 17.0 Å². The first-order valence-electron chi connectivity index (χ1n) is 10.1. The van der Waals surface area contributed by atoms with Crippen LogP contribution in [0.1, 0.15) is 31.4 Å². The van der Waals surface area contributed by atoms with E-state index in [0.717, 1.165) is 23.3 Å². The molecule has 3 aromatic rings. The molecule has 0 aromatic heterocycles. The molecule has 0 radical (unpaired) electrons. The summed E-state index contributed by atoms with van der Waals surface area (Å²) in [4.78, 5) is 14.6. The smallest absolute Gasteiger partial charge is 0.322 e. The van der Waals surface area contributed by atoms with E-state index in [1.54, 1.807) is 17.0 Å². The predicted octanol–water partition coefficient (Wildman–Crippen LogP) is 6.24. The summed E-state index contributed by atoms with van der Waals surface area (Å²) in [6.45, 7) is 4.95. The number of benzene rings is 3. The van der Waals surface area contributed by atoms with Gasteiger partial charge in [0.05, 0.1) is 0 Å². The van der Waals surface area contributed by atoms with Gasteiger partial charge in [0.2, 0.25) is 0 Å². The van der Waals surface area contributed by atoms with Crippen LogP contribution in [0.3, 0.4) is 0 Å². The van der Waals surface area contributed by atoms with E-state index < -0.39 is 0 Å². The molecule has 30 heavy (non-hydrogen) atoms. The zero-order valence-corrected chi connectivity index (χ0v) is 17.3. The maximum absolute atomic E-state index is 13.5. The number of hydrogen-bond donors (Lipinski definition) is 1. The Morgan fingerprint density at radius 1 is 1.00 bits per heavy atom. The van der Waals surface area contributed by atoms with E-state index in [9.17, 15) is 9.18 Å². The van der Waals surface area contributed by atoms with Crippen LogP contribution >= 0.6 is 0 Å². The molecule has 0 aliphatic heterocycles. The molecular formula is C25H27FN2O2. The summed E-state index contributed by atoms with van der Waals surface area (Å²) in [5.41, 5.74) is 2.50. The molecule has 0 aliphatic rings. The van der Waals surface area contributed by atoms with Crippen LogP contribution in [0.15, 0.2) is 78.9 Å². The lowest BCUT2D eigenvalue weighted by Gasteiger charge is -2.29. The number of carbonyl (C=O) groups excluding carboxylic acids is 1. The number of hydrogen-bond acceptors (Lipinski definition) is 2. The van der Waals surface area contributed by atoms with Crippen molar-refractivity contribution in [3.8, 4) is 5.75 Å². The van der Waals surface area contributed by atoms with Crippen molar-refractivity contribution in [2.75, 3.05) is 5.32 Å². The summed E-state index contributed by atoms with van der Waals surface area (Å²) < 4.78 is 19.4. The van der Waals surface area contributed by atoms with Crippen molar-refractivity contribution in [1.82, 2.24) is 4.90 Å². The molecule has 0 saturated heterocycles. The number of nitrogens with one attached hydrogen (secondary N) is 1. The van der Waals surface area contributed by atoms with Crippen LogP contribution in [0.2, 0.25) is 0 Å². The van der Waals surface area contributed by atoms with Gasteiger partial charge >= 0.3 is 6.03 Å². The third kappa shape index (κ3) is 6.08. The molecule has 1 N–H and O–H groups in total. The van der Waals surface area contributed by atoms with Crippen molar-refractivity contribution >= 4 is 11.7 Å². The number of amides is 2. The summed E-state index contributed by atoms with van der Waals surface area (Å²) in [6.07, 6.45) is 0.806. The number of ether oxygens (including phenoxy) is 1. The van der Waals surface area contributed by atoms with Crippen molar-refractivity contribution in [3.63, 3.8) is 0 Å². The molecule has 0 heterocycles. The summed E-state index contributed by atoms with van der Waals surface area (Å²) in [5, 5.41) is 2.80. The number of nitrogens with zero attached hydrogens (tertiary/aromatic N) is 1. The fraction of sp³-hybridized carbons (Fsp3) is 0.240. The minimum absolute atomic E-state index is 0.0208. The number of rotatable bonds is 8. The van der Waals surface area contributed by atoms with Gasteiger partial charge in [0.25, 0.3) is 0 Å². The zero-order valence-electron chi connectivity index (χ0n) is 17.3. The summed E-state index contributed by atoms with van der Waals surface area (Å²) in [5.74, 6) is 0.372. The molecule has 1 unspecified atom stereocenters. The second-order valence-corrected chi connectivity index (χ2v) is 7.25. The summed E-state index contributed by atoms with van der Waals surface area (Å²) >= 11 is 0. The van der Waals surface area contributed by atoms with E-state index in [4.69, 9.17) is 4.74 Å². The van der Waals surface area contributed by atoms with Crippen LogP contribution in [0.5, 0.6) is 5.75 Å². The molecule has 3 aromatic carbocycles. The first-order chi connectivity index (χ1) is 14.5. The second kappa shape index (κ2) is 10.4. The highest BCUT2D eigenvalue weighted by Crippen LogP contribution is 2.19. The third-order valence-corrected chi connectivity index (χ3v) is 4.96. The maximum Gasteiger partial charge on any atom is 0.322 e. The maximum atomic E-state index is 13.5. The van der Waals surface area contributed by atoms with Gasteiger partial charge in [-0.05, 0) is 54.8 Å². The van der Waals surface area contributed by atoms with E-state index in [1.807, 2.05) is 68.4 Å². The van der Waals surface area contributed by atoms with E-state index in [-0.39, 0.29) is 17.9 Å². The number of halogens is 1. The van der Waals surface area contributed by atoms with Gasteiger partial charge in [0.15, 0.2) is 0 Å². The lowest BCUT2D eigenvalue weighted by atomic mass is 10.1. The Balaban J connectivity index is 1.69. The molecule has 156 valence electrons. The van der Waals surface area contributed by atoms with Gasteiger partial charge in [-0.2, -0.15) is 0 Å². The lowest BCUT2D eigenvalue weighted by molar-refractivity contribution is 0.187. The molecule has 1 atom stereocenters. The minimum Gasteiger partial charge on any atom is -0.489 e. The molecule has 0 spiro atoms. The fourth-order valence-corrected chi connectivity index (χ4v) is 3.08. The molecule has 0 aliphatic carbocycles. The van der Waals surface area contributed by atoms with Gasteiger partial charge in [-0.3, -0.25) is 0 Å². The first kappa shape index (κ1) is 21.4. The predicted molar refractivity (Wildman–Crippen MR) is 118 cm³/mol. The Morgan fingerprint density at radius 2 is 1.73 bits per heavy atom. The summed E-state index contributed by atoms with van der Waals surface area (Å²) in [6, 6.07) is 23.4. The Bertz CT molecular complexity index is 962. The number of anilines is 1. The van der Waals surface area contributed by atoms with Gasteiger partial charge in [0, 0.05) is 18.3 Å². The molecular weight excluding hydrogens is 379 g/mol. The topological polar surface area (TPSA) is 41.6 Å². The van der Waals surface area contributed by atoms with Crippen molar-refractivity contribution in [1.29, 1.82) is 0 Å². The molecule has 3 rings (SSSR count).